The van der Waals surface area contributed by atoms with Crippen molar-refractivity contribution in [1.82, 2.24) is 10.3 Å². The van der Waals surface area contributed by atoms with Crippen LogP contribution in [0.4, 0.5) is 10.8 Å². The molecule has 8 heteroatoms. The maximum absolute atomic E-state index is 11.9. The molecule has 0 unspecified atom stereocenters. The van der Waals surface area contributed by atoms with E-state index in [-0.39, 0.29) is 10.9 Å². The van der Waals surface area contributed by atoms with Crippen LogP contribution < -0.4 is 10.6 Å². The summed E-state index contributed by atoms with van der Waals surface area (Å²) in [6.07, 6.45) is 1.08. The Morgan fingerprint density at radius 2 is 2.26 bits per heavy atom. The minimum Gasteiger partial charge on any atom is -0.346 e. The Bertz CT molecular complexity index is 669. The Labute approximate surface area is 111 Å². The number of hydrogen-bond acceptors (Lipinski definition) is 6. The Hall–Kier alpha value is -2.48. The van der Waals surface area contributed by atoms with Crippen LogP contribution in [-0.2, 0) is 0 Å². The average Bonchev–Trinajstić information content (AvgIpc) is 2.88. The lowest BCUT2D eigenvalue weighted by Crippen LogP contribution is -2.38. The van der Waals surface area contributed by atoms with Gasteiger partial charge in [0.05, 0.1) is 10.5 Å². The minimum absolute atomic E-state index is 0.0397. The molecule has 3 heterocycles. The SMILES string of the molecule is O=C1N[C@@H](c2csc([N+](=O)[O-])c2)Nc2ncccc21. The third-order valence-electron chi connectivity index (χ3n) is 2.73. The smallest absolute Gasteiger partial charge is 0.324 e. The van der Waals surface area contributed by atoms with Crippen molar-refractivity contribution in [1.29, 1.82) is 0 Å². The molecule has 1 aliphatic heterocycles. The highest BCUT2D eigenvalue weighted by atomic mass is 32.1. The summed E-state index contributed by atoms with van der Waals surface area (Å²) in [5, 5.41) is 18.1. The van der Waals surface area contributed by atoms with Gasteiger partial charge in [0.1, 0.15) is 12.0 Å². The van der Waals surface area contributed by atoms with Crippen molar-refractivity contribution in [3.8, 4) is 0 Å². The Kier molecular flexibility index (Phi) is 2.64. The van der Waals surface area contributed by atoms with Gasteiger partial charge in [0.25, 0.3) is 5.91 Å². The fourth-order valence-electron chi connectivity index (χ4n) is 1.84. The number of aromatic nitrogens is 1. The molecule has 96 valence electrons. The van der Waals surface area contributed by atoms with E-state index in [0.717, 1.165) is 11.3 Å². The van der Waals surface area contributed by atoms with Gasteiger partial charge in [0, 0.05) is 23.2 Å². The van der Waals surface area contributed by atoms with Crippen molar-refractivity contribution >= 4 is 28.1 Å². The molecule has 2 N–H and O–H groups in total. The summed E-state index contributed by atoms with van der Waals surface area (Å²) in [4.78, 5) is 26.2. The summed E-state index contributed by atoms with van der Waals surface area (Å²) in [7, 11) is 0. The summed E-state index contributed by atoms with van der Waals surface area (Å²) in [5.41, 5.74) is 1.10. The van der Waals surface area contributed by atoms with E-state index in [9.17, 15) is 14.9 Å². The zero-order valence-electron chi connectivity index (χ0n) is 9.49. The van der Waals surface area contributed by atoms with E-state index in [1.807, 2.05) is 0 Å². The molecule has 0 fully saturated rings. The molecule has 7 nitrogen and oxygen atoms in total. The van der Waals surface area contributed by atoms with Crippen LogP contribution in [-0.4, -0.2) is 15.8 Å². The zero-order chi connectivity index (χ0) is 13.4. The first kappa shape index (κ1) is 11.6. The molecular formula is C11H8N4O3S. The number of rotatable bonds is 2. The highest BCUT2D eigenvalue weighted by molar-refractivity contribution is 7.13. The standard InChI is InChI=1S/C11H8N4O3S/c16-11-7-2-1-3-12-10(7)13-9(14-11)6-4-8(15(17)18)19-5-6/h1-5,9H,(H,12,13)(H,14,16)/t9-/m0/s1. The molecule has 0 saturated carbocycles. The van der Waals surface area contributed by atoms with Gasteiger partial charge in [-0.3, -0.25) is 14.9 Å². The predicted molar refractivity (Wildman–Crippen MR) is 69.0 cm³/mol. The second kappa shape index (κ2) is 4.32. The second-order valence-corrected chi connectivity index (χ2v) is 4.82. The molecule has 2 aromatic rings. The number of amides is 1. The van der Waals surface area contributed by atoms with Gasteiger partial charge in [-0.25, -0.2) is 4.98 Å². The molecule has 0 spiro atoms. The van der Waals surface area contributed by atoms with Gasteiger partial charge in [-0.2, -0.15) is 0 Å². The molecule has 0 aromatic carbocycles. The van der Waals surface area contributed by atoms with Gasteiger partial charge in [-0.1, -0.05) is 11.3 Å². The normalized spacial score (nSPS) is 17.3. The minimum atomic E-state index is -0.500. The molecule has 0 aliphatic carbocycles. The summed E-state index contributed by atoms with van der Waals surface area (Å²) in [6.45, 7) is 0. The number of thiophene rings is 1. The number of pyridine rings is 1. The van der Waals surface area contributed by atoms with Crippen LogP contribution in [0.2, 0.25) is 0 Å². The van der Waals surface area contributed by atoms with E-state index in [2.05, 4.69) is 15.6 Å². The molecule has 2 aromatic heterocycles. The molecule has 1 amide bonds. The third kappa shape index (κ3) is 2.02. The van der Waals surface area contributed by atoms with Gasteiger partial charge in [-0.05, 0) is 12.1 Å². The zero-order valence-corrected chi connectivity index (χ0v) is 10.3. The van der Waals surface area contributed by atoms with Crippen molar-refractivity contribution in [2.24, 2.45) is 0 Å². The van der Waals surface area contributed by atoms with Crippen molar-refractivity contribution in [2.45, 2.75) is 6.17 Å². The quantitative estimate of drug-likeness (QED) is 0.645. The molecule has 19 heavy (non-hydrogen) atoms. The number of hydrogen-bond donors (Lipinski definition) is 2. The summed E-state index contributed by atoms with van der Waals surface area (Å²) >= 11 is 1.02. The highest BCUT2D eigenvalue weighted by Gasteiger charge is 2.27. The summed E-state index contributed by atoms with van der Waals surface area (Å²) in [6, 6.07) is 4.78. The second-order valence-electron chi connectivity index (χ2n) is 3.93. The Morgan fingerprint density at radius 3 is 3.00 bits per heavy atom. The number of nitro groups is 1. The molecule has 0 radical (unpaired) electrons. The number of carbonyl (C=O) groups excluding carboxylic acids is 1. The molecule has 3 rings (SSSR count). The van der Waals surface area contributed by atoms with Gasteiger partial charge in [-0.15, -0.1) is 0 Å². The van der Waals surface area contributed by atoms with E-state index in [0.29, 0.717) is 16.9 Å². The van der Waals surface area contributed by atoms with E-state index >= 15 is 0 Å². The lowest BCUT2D eigenvalue weighted by atomic mass is 10.1. The van der Waals surface area contributed by atoms with Crippen LogP contribution >= 0.6 is 11.3 Å². The number of nitrogens with zero attached hydrogens (tertiary/aromatic N) is 2. The van der Waals surface area contributed by atoms with Crippen molar-refractivity contribution < 1.29 is 9.72 Å². The maximum Gasteiger partial charge on any atom is 0.324 e. The van der Waals surface area contributed by atoms with Crippen LogP contribution in [0, 0.1) is 10.1 Å². The van der Waals surface area contributed by atoms with Gasteiger partial charge >= 0.3 is 5.00 Å². The van der Waals surface area contributed by atoms with Crippen molar-refractivity contribution in [3.63, 3.8) is 0 Å². The van der Waals surface area contributed by atoms with Crippen molar-refractivity contribution in [3.05, 3.63) is 51.0 Å². The molecule has 0 saturated heterocycles. The third-order valence-corrected chi connectivity index (χ3v) is 3.63. The monoisotopic (exact) mass is 276 g/mol. The van der Waals surface area contributed by atoms with Crippen LogP contribution in [0.15, 0.2) is 29.8 Å². The lowest BCUT2D eigenvalue weighted by Gasteiger charge is -2.26. The Morgan fingerprint density at radius 1 is 1.42 bits per heavy atom. The van der Waals surface area contributed by atoms with Crippen molar-refractivity contribution in [2.75, 3.05) is 5.32 Å². The number of anilines is 1. The number of carbonyl (C=O) groups is 1. The fraction of sp³-hybridized carbons (Fsp3) is 0.0909. The van der Waals surface area contributed by atoms with Crippen LogP contribution in [0.25, 0.3) is 0 Å². The van der Waals surface area contributed by atoms with E-state index in [1.54, 1.807) is 23.7 Å². The fourth-order valence-corrected chi connectivity index (χ4v) is 2.59. The first-order valence-corrected chi connectivity index (χ1v) is 6.28. The topological polar surface area (TPSA) is 97.2 Å². The first-order valence-electron chi connectivity index (χ1n) is 5.40. The molecule has 1 atom stereocenters. The number of fused-ring (bicyclic) bond motifs is 1. The first-order chi connectivity index (χ1) is 9.15. The van der Waals surface area contributed by atoms with Crippen LogP contribution in [0.3, 0.4) is 0 Å². The Balaban J connectivity index is 1.92. The lowest BCUT2D eigenvalue weighted by molar-refractivity contribution is -0.380. The van der Waals surface area contributed by atoms with E-state index in [1.165, 1.54) is 6.07 Å². The van der Waals surface area contributed by atoms with Gasteiger partial charge in [0.2, 0.25) is 0 Å². The molecule has 0 bridgehead atoms. The maximum atomic E-state index is 11.9. The van der Waals surface area contributed by atoms with Crippen LogP contribution in [0.5, 0.6) is 0 Å². The van der Waals surface area contributed by atoms with Crippen LogP contribution in [0.1, 0.15) is 22.1 Å². The molecular weight excluding hydrogens is 268 g/mol. The summed E-state index contributed by atoms with van der Waals surface area (Å²) < 4.78 is 0. The van der Waals surface area contributed by atoms with Gasteiger partial charge in [0.15, 0.2) is 0 Å². The summed E-state index contributed by atoms with van der Waals surface area (Å²) in [5.74, 6) is 0.228. The van der Waals surface area contributed by atoms with E-state index < -0.39 is 11.1 Å². The largest absolute Gasteiger partial charge is 0.346 e. The van der Waals surface area contributed by atoms with Gasteiger partial charge < -0.3 is 10.6 Å². The van der Waals surface area contributed by atoms with E-state index in [4.69, 9.17) is 0 Å². The highest BCUT2D eigenvalue weighted by Crippen LogP contribution is 2.30. The predicted octanol–water partition coefficient (Wildman–Crippen LogP) is 1.91. The molecule has 1 aliphatic rings. The average molecular weight is 276 g/mol. The number of nitrogens with one attached hydrogen (secondary N) is 2.